The van der Waals surface area contributed by atoms with Crippen molar-refractivity contribution in [1.29, 1.82) is 0 Å². The summed E-state index contributed by atoms with van der Waals surface area (Å²) in [7, 11) is 0. The third-order valence-electron chi connectivity index (χ3n) is 5.19. The number of hydrogen-bond donors (Lipinski definition) is 2. The second-order valence-corrected chi connectivity index (χ2v) is 7.77. The van der Waals surface area contributed by atoms with Gasteiger partial charge in [-0.2, -0.15) is 0 Å². The highest BCUT2D eigenvalue weighted by molar-refractivity contribution is 6.31. The van der Waals surface area contributed by atoms with Crippen molar-refractivity contribution in [3.63, 3.8) is 0 Å². The van der Waals surface area contributed by atoms with Gasteiger partial charge in [0.2, 0.25) is 5.91 Å². The normalized spacial score (nSPS) is 17.9. The van der Waals surface area contributed by atoms with E-state index in [1.165, 1.54) is 0 Å². The second-order valence-electron chi connectivity index (χ2n) is 7.33. The Kier molecular flexibility index (Phi) is 4.55. The maximum absolute atomic E-state index is 13.6. The van der Waals surface area contributed by atoms with Gasteiger partial charge >= 0.3 is 0 Å². The molecule has 4 rings (SSSR count). The van der Waals surface area contributed by atoms with Gasteiger partial charge in [0.1, 0.15) is 5.54 Å². The Morgan fingerprint density at radius 3 is 2.45 bits per heavy atom. The van der Waals surface area contributed by atoms with Crippen molar-refractivity contribution in [3.05, 3.63) is 88.4 Å². The van der Waals surface area contributed by atoms with E-state index in [1.807, 2.05) is 44.2 Å². The SMILES string of the molecule is Cc1ccc2c(c1)C(C)(Nc1ccc(C(N)=O)cc1)C(=O)N2c1cccc(Cl)c1. The van der Waals surface area contributed by atoms with E-state index in [2.05, 4.69) is 5.32 Å². The van der Waals surface area contributed by atoms with E-state index in [1.54, 1.807) is 41.3 Å². The Morgan fingerprint density at radius 2 is 1.79 bits per heavy atom. The number of aryl methyl sites for hydroxylation is 1. The highest BCUT2D eigenvalue weighted by Crippen LogP contribution is 2.46. The molecule has 0 aromatic heterocycles. The fraction of sp³-hybridized carbons (Fsp3) is 0.130. The lowest BCUT2D eigenvalue weighted by Gasteiger charge is -2.27. The van der Waals surface area contributed by atoms with Crippen LogP contribution in [-0.2, 0) is 10.3 Å². The Balaban J connectivity index is 1.80. The summed E-state index contributed by atoms with van der Waals surface area (Å²) in [6, 6.07) is 20.0. The van der Waals surface area contributed by atoms with Crippen molar-refractivity contribution >= 4 is 40.5 Å². The van der Waals surface area contributed by atoms with Gasteiger partial charge in [0.25, 0.3) is 5.91 Å². The number of amides is 2. The molecule has 146 valence electrons. The lowest BCUT2D eigenvalue weighted by Crippen LogP contribution is -2.42. The zero-order valence-electron chi connectivity index (χ0n) is 16.1. The van der Waals surface area contributed by atoms with E-state index in [4.69, 9.17) is 17.3 Å². The van der Waals surface area contributed by atoms with E-state index >= 15 is 0 Å². The highest BCUT2D eigenvalue weighted by atomic mass is 35.5. The second kappa shape index (κ2) is 6.94. The quantitative estimate of drug-likeness (QED) is 0.657. The number of halogens is 1. The summed E-state index contributed by atoms with van der Waals surface area (Å²) in [5, 5.41) is 3.92. The Labute approximate surface area is 174 Å². The van der Waals surface area contributed by atoms with Gasteiger partial charge in [0, 0.05) is 21.8 Å². The maximum Gasteiger partial charge on any atom is 0.261 e. The van der Waals surface area contributed by atoms with Crippen molar-refractivity contribution in [2.45, 2.75) is 19.4 Å². The summed E-state index contributed by atoms with van der Waals surface area (Å²) in [5.74, 6) is -0.604. The van der Waals surface area contributed by atoms with Gasteiger partial charge in [-0.3, -0.25) is 14.5 Å². The van der Waals surface area contributed by atoms with Gasteiger partial charge in [-0.1, -0.05) is 35.4 Å². The molecule has 1 unspecified atom stereocenters. The topological polar surface area (TPSA) is 75.4 Å². The summed E-state index contributed by atoms with van der Waals surface area (Å²) in [6.45, 7) is 3.86. The van der Waals surface area contributed by atoms with Crippen molar-refractivity contribution in [3.8, 4) is 0 Å². The first-order valence-electron chi connectivity index (χ1n) is 9.19. The first-order valence-corrected chi connectivity index (χ1v) is 9.57. The lowest BCUT2D eigenvalue weighted by molar-refractivity contribution is -0.121. The van der Waals surface area contributed by atoms with Crippen LogP contribution in [0.25, 0.3) is 0 Å². The molecule has 1 atom stereocenters. The highest BCUT2D eigenvalue weighted by Gasteiger charge is 2.48. The van der Waals surface area contributed by atoms with Crippen LogP contribution in [0.3, 0.4) is 0 Å². The molecule has 1 heterocycles. The molecule has 29 heavy (non-hydrogen) atoms. The number of nitrogens with one attached hydrogen (secondary N) is 1. The van der Waals surface area contributed by atoms with Crippen molar-refractivity contribution in [2.24, 2.45) is 5.73 Å². The molecule has 3 N–H and O–H groups in total. The molecule has 3 aromatic rings. The molecule has 0 fully saturated rings. The predicted molar refractivity (Wildman–Crippen MR) is 116 cm³/mol. The van der Waals surface area contributed by atoms with Crippen molar-refractivity contribution < 1.29 is 9.59 Å². The first-order chi connectivity index (χ1) is 13.8. The van der Waals surface area contributed by atoms with E-state index in [0.29, 0.717) is 22.0 Å². The number of primary amides is 1. The van der Waals surface area contributed by atoms with Gasteiger partial charge in [0.05, 0.1) is 11.4 Å². The van der Waals surface area contributed by atoms with Crippen LogP contribution in [0, 0.1) is 6.92 Å². The van der Waals surface area contributed by atoms with E-state index < -0.39 is 11.4 Å². The average molecular weight is 406 g/mol. The van der Waals surface area contributed by atoms with Gasteiger partial charge in [-0.25, -0.2) is 0 Å². The molecule has 1 aliphatic heterocycles. The van der Waals surface area contributed by atoms with E-state index in [9.17, 15) is 9.59 Å². The van der Waals surface area contributed by atoms with Crippen molar-refractivity contribution in [1.82, 2.24) is 0 Å². The third-order valence-corrected chi connectivity index (χ3v) is 5.43. The lowest BCUT2D eigenvalue weighted by atomic mass is 9.92. The molecule has 0 aliphatic carbocycles. The fourth-order valence-electron chi connectivity index (χ4n) is 3.69. The number of anilines is 3. The van der Waals surface area contributed by atoms with Crippen LogP contribution >= 0.6 is 11.6 Å². The molecule has 3 aromatic carbocycles. The summed E-state index contributed by atoms with van der Waals surface area (Å²) in [4.78, 5) is 26.6. The van der Waals surface area contributed by atoms with Gasteiger partial charge in [-0.15, -0.1) is 0 Å². The zero-order chi connectivity index (χ0) is 20.8. The summed E-state index contributed by atoms with van der Waals surface area (Å²) >= 11 is 6.17. The Morgan fingerprint density at radius 1 is 1.07 bits per heavy atom. The Bertz CT molecular complexity index is 1130. The van der Waals surface area contributed by atoms with Crippen LogP contribution in [-0.4, -0.2) is 11.8 Å². The number of carbonyl (C=O) groups is 2. The number of benzene rings is 3. The molecular weight excluding hydrogens is 386 g/mol. The number of hydrogen-bond acceptors (Lipinski definition) is 3. The smallest absolute Gasteiger partial charge is 0.261 e. The molecule has 0 saturated carbocycles. The number of nitrogens with zero attached hydrogens (tertiary/aromatic N) is 1. The zero-order valence-corrected chi connectivity index (χ0v) is 16.8. The molecule has 0 spiro atoms. The maximum atomic E-state index is 13.6. The van der Waals surface area contributed by atoms with Crippen LogP contribution in [0.2, 0.25) is 5.02 Å². The molecule has 1 aliphatic rings. The molecule has 0 saturated heterocycles. The number of carbonyl (C=O) groups excluding carboxylic acids is 2. The summed E-state index contributed by atoms with van der Waals surface area (Å²) in [6.07, 6.45) is 0. The molecular formula is C23H20ClN3O2. The molecule has 2 amide bonds. The van der Waals surface area contributed by atoms with Crippen LogP contribution in [0.1, 0.15) is 28.4 Å². The fourth-order valence-corrected chi connectivity index (χ4v) is 3.88. The molecule has 5 nitrogen and oxygen atoms in total. The van der Waals surface area contributed by atoms with E-state index in [-0.39, 0.29) is 5.91 Å². The van der Waals surface area contributed by atoms with Gasteiger partial charge < -0.3 is 11.1 Å². The minimum Gasteiger partial charge on any atom is -0.368 e. The van der Waals surface area contributed by atoms with Crippen LogP contribution < -0.4 is 16.0 Å². The first kappa shape index (κ1) is 19.0. The van der Waals surface area contributed by atoms with E-state index in [0.717, 1.165) is 16.8 Å². The number of nitrogens with two attached hydrogens (primary N) is 1. The third kappa shape index (κ3) is 3.23. The van der Waals surface area contributed by atoms with Crippen LogP contribution in [0.15, 0.2) is 66.7 Å². The molecule has 0 radical (unpaired) electrons. The van der Waals surface area contributed by atoms with Gasteiger partial charge in [-0.05, 0) is 62.4 Å². The standard InChI is InChI=1S/C23H20ClN3O2/c1-14-6-11-20-19(12-14)23(2,26-17-9-7-15(8-10-17)21(25)28)22(29)27(20)18-5-3-4-16(24)13-18/h3-13,26H,1-2H3,(H2,25,28). The predicted octanol–water partition coefficient (Wildman–Crippen LogP) is 4.75. The molecule has 6 heteroatoms. The number of rotatable bonds is 4. The average Bonchev–Trinajstić information content (AvgIpc) is 2.89. The Hall–Kier alpha value is -3.31. The van der Waals surface area contributed by atoms with Crippen LogP contribution in [0.5, 0.6) is 0 Å². The van der Waals surface area contributed by atoms with Crippen LogP contribution in [0.4, 0.5) is 17.1 Å². The van der Waals surface area contributed by atoms with Crippen molar-refractivity contribution in [2.75, 3.05) is 10.2 Å². The monoisotopic (exact) mass is 405 g/mol. The minimum atomic E-state index is -0.988. The number of fused-ring (bicyclic) bond motifs is 1. The summed E-state index contributed by atoms with van der Waals surface area (Å²) < 4.78 is 0. The largest absolute Gasteiger partial charge is 0.368 e. The molecule has 0 bridgehead atoms. The summed E-state index contributed by atoms with van der Waals surface area (Å²) in [5.41, 5.74) is 8.91. The van der Waals surface area contributed by atoms with Gasteiger partial charge in [0.15, 0.2) is 0 Å². The minimum absolute atomic E-state index is 0.112.